The smallest absolute Gasteiger partial charge is 0.151 e. The quantitative estimate of drug-likeness (QED) is 0.843. The zero-order chi connectivity index (χ0) is 16.8. The van der Waals surface area contributed by atoms with Crippen molar-refractivity contribution in [1.82, 2.24) is 15.1 Å². The molecule has 4 heteroatoms. The molecule has 0 unspecified atom stereocenters. The van der Waals surface area contributed by atoms with E-state index in [-0.39, 0.29) is 0 Å². The number of anilines is 1. The first-order valence-electron chi connectivity index (χ1n) is 8.67. The third kappa shape index (κ3) is 4.42. The monoisotopic (exact) mass is 322 g/mol. The number of likely N-dealkylation sites (tertiary alicyclic amines) is 1. The van der Waals surface area contributed by atoms with Crippen LogP contribution in [0.4, 0.5) is 5.82 Å². The first kappa shape index (κ1) is 16.7. The summed E-state index contributed by atoms with van der Waals surface area (Å²) in [6, 6.07) is 15.1. The lowest BCUT2D eigenvalue weighted by Crippen LogP contribution is -2.44. The molecule has 1 saturated heterocycles. The molecular formula is C20H26N4. The van der Waals surface area contributed by atoms with Crippen molar-refractivity contribution in [3.63, 3.8) is 0 Å². The van der Waals surface area contributed by atoms with Gasteiger partial charge in [0.1, 0.15) is 0 Å². The topological polar surface area (TPSA) is 32.3 Å². The molecule has 24 heavy (non-hydrogen) atoms. The predicted molar refractivity (Wildman–Crippen MR) is 100.0 cm³/mol. The van der Waals surface area contributed by atoms with E-state index < -0.39 is 0 Å². The van der Waals surface area contributed by atoms with Crippen molar-refractivity contribution in [3.8, 4) is 0 Å². The highest BCUT2D eigenvalue weighted by Crippen LogP contribution is 2.20. The first-order valence-corrected chi connectivity index (χ1v) is 8.67. The van der Waals surface area contributed by atoms with E-state index in [4.69, 9.17) is 0 Å². The summed E-state index contributed by atoms with van der Waals surface area (Å²) in [4.78, 5) is 4.83. The summed E-state index contributed by atoms with van der Waals surface area (Å²) >= 11 is 0. The number of rotatable bonds is 5. The molecule has 1 aromatic carbocycles. The van der Waals surface area contributed by atoms with Crippen molar-refractivity contribution in [2.75, 3.05) is 31.6 Å². The molecule has 0 saturated carbocycles. The molecule has 1 fully saturated rings. The van der Waals surface area contributed by atoms with E-state index in [0.29, 0.717) is 6.04 Å². The summed E-state index contributed by atoms with van der Waals surface area (Å²) in [5, 5.41) is 8.21. The molecule has 0 aliphatic carbocycles. The predicted octanol–water partition coefficient (Wildman–Crippen LogP) is 3.48. The highest BCUT2D eigenvalue weighted by molar-refractivity contribution is 5.52. The van der Waals surface area contributed by atoms with Gasteiger partial charge < -0.3 is 4.90 Å². The zero-order valence-corrected chi connectivity index (χ0v) is 14.6. The molecule has 2 heterocycles. The number of aromatic nitrogens is 2. The van der Waals surface area contributed by atoms with Crippen LogP contribution >= 0.6 is 0 Å². The van der Waals surface area contributed by atoms with Crippen LogP contribution in [0, 0.1) is 0 Å². The van der Waals surface area contributed by atoms with Gasteiger partial charge in [-0.3, -0.25) is 4.90 Å². The van der Waals surface area contributed by atoms with E-state index in [1.165, 1.54) is 24.0 Å². The fourth-order valence-corrected chi connectivity index (χ4v) is 3.37. The Morgan fingerprint density at radius 3 is 2.58 bits per heavy atom. The highest BCUT2D eigenvalue weighted by Gasteiger charge is 2.23. The molecule has 3 rings (SSSR count). The third-order valence-corrected chi connectivity index (χ3v) is 4.71. The lowest BCUT2D eigenvalue weighted by Gasteiger charge is -2.37. The second-order valence-electron chi connectivity index (χ2n) is 6.60. The third-order valence-electron chi connectivity index (χ3n) is 4.71. The standard InChI is InChI=1S/C20H26N4/c1-17(15-18-7-4-3-5-8-18)16-24-13-10-19(11-14-24)23(2)20-9-6-12-21-22-20/h3-9,12,15,19H,10-11,13-14,16H2,1-2H3. The molecule has 0 N–H and O–H groups in total. The van der Waals surface area contributed by atoms with E-state index >= 15 is 0 Å². The molecular weight excluding hydrogens is 296 g/mol. The molecule has 1 aromatic heterocycles. The lowest BCUT2D eigenvalue weighted by molar-refractivity contribution is 0.226. The van der Waals surface area contributed by atoms with Crippen LogP contribution < -0.4 is 4.90 Å². The Balaban J connectivity index is 1.51. The van der Waals surface area contributed by atoms with Crippen molar-refractivity contribution in [2.45, 2.75) is 25.8 Å². The Bertz CT molecular complexity index is 646. The van der Waals surface area contributed by atoms with Crippen molar-refractivity contribution < 1.29 is 0 Å². The number of nitrogens with zero attached hydrogens (tertiary/aromatic N) is 4. The molecule has 126 valence electrons. The van der Waals surface area contributed by atoms with E-state index in [2.05, 4.69) is 70.4 Å². The maximum Gasteiger partial charge on any atom is 0.151 e. The highest BCUT2D eigenvalue weighted by atomic mass is 15.3. The summed E-state index contributed by atoms with van der Waals surface area (Å²) in [6.45, 7) is 5.55. The minimum absolute atomic E-state index is 0.552. The van der Waals surface area contributed by atoms with Crippen LogP contribution in [0.25, 0.3) is 6.08 Å². The van der Waals surface area contributed by atoms with E-state index in [0.717, 1.165) is 25.5 Å². The molecule has 0 atom stereocenters. The average Bonchev–Trinajstić information content (AvgIpc) is 2.63. The Morgan fingerprint density at radius 2 is 1.92 bits per heavy atom. The SMILES string of the molecule is CC(=Cc1ccccc1)CN1CCC(N(C)c2cccnn2)CC1. The minimum Gasteiger partial charge on any atom is -0.355 e. The molecule has 0 spiro atoms. The second kappa shape index (κ2) is 8.06. The van der Waals surface area contributed by atoms with Crippen LogP contribution in [0.2, 0.25) is 0 Å². The minimum atomic E-state index is 0.552. The Kier molecular flexibility index (Phi) is 5.59. The molecule has 1 aliphatic rings. The maximum absolute atomic E-state index is 4.22. The fraction of sp³-hybridized carbons (Fsp3) is 0.400. The summed E-state index contributed by atoms with van der Waals surface area (Å²) in [7, 11) is 2.13. The van der Waals surface area contributed by atoms with Gasteiger partial charge in [-0.15, -0.1) is 5.10 Å². The van der Waals surface area contributed by atoms with Crippen molar-refractivity contribution in [3.05, 3.63) is 59.8 Å². The van der Waals surface area contributed by atoms with Gasteiger partial charge in [-0.25, -0.2) is 0 Å². The maximum atomic E-state index is 4.22. The van der Waals surface area contributed by atoms with Gasteiger partial charge in [-0.1, -0.05) is 42.0 Å². The van der Waals surface area contributed by atoms with E-state index in [1.807, 2.05) is 12.1 Å². The molecule has 2 aromatic rings. The van der Waals surface area contributed by atoms with Gasteiger partial charge in [0.05, 0.1) is 0 Å². The molecule has 1 aliphatic heterocycles. The van der Waals surface area contributed by atoms with Gasteiger partial charge in [-0.2, -0.15) is 5.10 Å². The van der Waals surface area contributed by atoms with Crippen LogP contribution in [-0.2, 0) is 0 Å². The Labute approximate surface area is 144 Å². The molecule has 4 nitrogen and oxygen atoms in total. The van der Waals surface area contributed by atoms with Gasteiger partial charge in [-0.05, 0) is 37.5 Å². The Hall–Kier alpha value is -2.20. The Morgan fingerprint density at radius 1 is 1.17 bits per heavy atom. The van der Waals surface area contributed by atoms with Gasteiger partial charge in [0.2, 0.25) is 0 Å². The van der Waals surface area contributed by atoms with Crippen LogP contribution in [-0.4, -0.2) is 47.8 Å². The first-order chi connectivity index (χ1) is 11.7. The van der Waals surface area contributed by atoms with Crippen LogP contribution in [0.3, 0.4) is 0 Å². The normalized spacial score (nSPS) is 17.0. The fourth-order valence-electron chi connectivity index (χ4n) is 3.37. The average molecular weight is 322 g/mol. The summed E-state index contributed by atoms with van der Waals surface area (Å²) in [5.74, 6) is 0.969. The lowest BCUT2D eigenvalue weighted by atomic mass is 10.0. The van der Waals surface area contributed by atoms with E-state index in [1.54, 1.807) is 6.20 Å². The van der Waals surface area contributed by atoms with Crippen LogP contribution in [0.15, 0.2) is 54.2 Å². The summed E-state index contributed by atoms with van der Waals surface area (Å²) in [5.41, 5.74) is 2.70. The number of hydrogen-bond donors (Lipinski definition) is 0. The molecule has 0 radical (unpaired) electrons. The zero-order valence-electron chi connectivity index (χ0n) is 14.6. The molecule has 0 amide bonds. The van der Waals surface area contributed by atoms with Crippen molar-refractivity contribution in [2.24, 2.45) is 0 Å². The van der Waals surface area contributed by atoms with Crippen LogP contribution in [0.1, 0.15) is 25.3 Å². The number of piperidine rings is 1. The number of benzene rings is 1. The van der Waals surface area contributed by atoms with E-state index in [9.17, 15) is 0 Å². The van der Waals surface area contributed by atoms with Gasteiger partial charge in [0.15, 0.2) is 5.82 Å². The largest absolute Gasteiger partial charge is 0.355 e. The van der Waals surface area contributed by atoms with Crippen molar-refractivity contribution in [1.29, 1.82) is 0 Å². The summed E-state index contributed by atoms with van der Waals surface area (Å²) < 4.78 is 0. The second-order valence-corrected chi connectivity index (χ2v) is 6.60. The van der Waals surface area contributed by atoms with Crippen LogP contribution in [0.5, 0.6) is 0 Å². The van der Waals surface area contributed by atoms with Gasteiger partial charge in [0.25, 0.3) is 0 Å². The van der Waals surface area contributed by atoms with Crippen molar-refractivity contribution >= 4 is 11.9 Å². The van der Waals surface area contributed by atoms with Gasteiger partial charge >= 0.3 is 0 Å². The van der Waals surface area contributed by atoms with Gasteiger partial charge in [0, 0.05) is 38.9 Å². The summed E-state index contributed by atoms with van der Waals surface area (Å²) in [6.07, 6.45) is 6.36. The number of hydrogen-bond acceptors (Lipinski definition) is 4. The molecule has 0 bridgehead atoms.